The lowest BCUT2D eigenvalue weighted by atomic mass is 10.1. The van der Waals surface area contributed by atoms with Gasteiger partial charge in [-0.05, 0) is 48.2 Å². The first-order valence-electron chi connectivity index (χ1n) is 10.8. The van der Waals surface area contributed by atoms with E-state index in [1.54, 1.807) is 0 Å². The zero-order valence-electron chi connectivity index (χ0n) is 17.5. The van der Waals surface area contributed by atoms with Crippen LogP contribution in [0.5, 0.6) is 11.5 Å². The van der Waals surface area contributed by atoms with Crippen molar-refractivity contribution in [1.29, 1.82) is 0 Å². The smallest absolute Gasteiger partial charge is 0.202 e. The van der Waals surface area contributed by atoms with Crippen LogP contribution in [-0.4, -0.2) is 56.9 Å². The summed E-state index contributed by atoms with van der Waals surface area (Å²) in [5.41, 5.74) is 5.05. The van der Waals surface area contributed by atoms with E-state index in [1.165, 1.54) is 11.1 Å². The van der Waals surface area contributed by atoms with Gasteiger partial charge in [0.25, 0.3) is 0 Å². The van der Waals surface area contributed by atoms with Crippen LogP contribution in [0, 0.1) is 6.92 Å². The van der Waals surface area contributed by atoms with E-state index in [4.69, 9.17) is 14.2 Å². The zero-order chi connectivity index (χ0) is 21.4. The van der Waals surface area contributed by atoms with Crippen LogP contribution in [0.15, 0.2) is 30.3 Å². The van der Waals surface area contributed by atoms with Crippen LogP contribution in [-0.2, 0) is 24.1 Å². The highest BCUT2D eigenvalue weighted by molar-refractivity contribution is 5.82. The maximum Gasteiger partial charge on any atom is 0.202 e. The fourth-order valence-electron chi connectivity index (χ4n) is 4.37. The maximum atomic E-state index is 10.1. The zero-order valence-corrected chi connectivity index (χ0v) is 17.5. The van der Waals surface area contributed by atoms with Crippen molar-refractivity contribution >= 4 is 11.0 Å². The molecule has 0 amide bonds. The Labute approximate surface area is 180 Å². The molecule has 2 aliphatic rings. The van der Waals surface area contributed by atoms with Gasteiger partial charge >= 0.3 is 0 Å². The predicted molar refractivity (Wildman–Crippen MR) is 113 cm³/mol. The van der Waals surface area contributed by atoms with Crippen LogP contribution in [0.4, 0.5) is 0 Å². The molecule has 3 heterocycles. The average Bonchev–Trinajstić information content (AvgIpc) is 3.38. The Kier molecular flexibility index (Phi) is 5.52. The third kappa shape index (κ3) is 4.23. The molecule has 164 valence electrons. The van der Waals surface area contributed by atoms with E-state index in [9.17, 15) is 10.2 Å². The van der Waals surface area contributed by atoms with Gasteiger partial charge in [-0.3, -0.25) is 0 Å². The van der Waals surface area contributed by atoms with Gasteiger partial charge < -0.3 is 24.4 Å². The Bertz CT molecular complexity index is 1080. The molecule has 0 spiro atoms. The first-order valence-corrected chi connectivity index (χ1v) is 10.8. The molecule has 0 radical (unpaired) electrons. The van der Waals surface area contributed by atoms with Gasteiger partial charge in [0.1, 0.15) is 16.8 Å². The fourth-order valence-corrected chi connectivity index (χ4v) is 4.37. The molecule has 8 heteroatoms. The number of fused-ring (bicyclic) bond motifs is 2. The molecule has 31 heavy (non-hydrogen) atoms. The van der Waals surface area contributed by atoms with E-state index >= 15 is 0 Å². The van der Waals surface area contributed by atoms with E-state index in [1.807, 2.05) is 29.8 Å². The minimum atomic E-state index is -0.633. The normalized spacial score (nSPS) is 23.0. The predicted octanol–water partition coefficient (Wildman–Crippen LogP) is 2.15. The fraction of sp³-hybridized carbons (Fsp3) is 0.478. The van der Waals surface area contributed by atoms with Crippen LogP contribution in [0.2, 0.25) is 0 Å². The molecule has 2 aromatic carbocycles. The number of hydrogen-bond donors (Lipinski definition) is 2. The number of aromatic nitrogens is 3. The third-order valence-corrected chi connectivity index (χ3v) is 5.89. The van der Waals surface area contributed by atoms with E-state index in [-0.39, 0.29) is 6.61 Å². The maximum absolute atomic E-state index is 10.1. The number of aryl methyl sites for hydroxylation is 3. The summed E-state index contributed by atoms with van der Waals surface area (Å²) in [5, 5.41) is 28.2. The van der Waals surface area contributed by atoms with Crippen molar-refractivity contribution in [2.75, 3.05) is 13.2 Å². The first-order chi connectivity index (χ1) is 15.1. The summed E-state index contributed by atoms with van der Waals surface area (Å²) in [4.78, 5) is 0. The van der Waals surface area contributed by atoms with Crippen molar-refractivity contribution in [1.82, 2.24) is 15.0 Å². The Morgan fingerprint density at radius 2 is 2.13 bits per heavy atom. The molecule has 1 saturated heterocycles. The second-order valence-electron chi connectivity index (χ2n) is 8.35. The lowest BCUT2D eigenvalue weighted by Gasteiger charge is -2.32. The second-order valence-corrected chi connectivity index (χ2v) is 8.35. The van der Waals surface area contributed by atoms with Gasteiger partial charge in [0.15, 0.2) is 5.75 Å². The largest absolute Gasteiger partial charge is 0.493 e. The standard InChI is InChI=1S/C23H27N3O5/c1-14-8-19-23(21(9-14)31-22-12-17(28)11-18(13-27)30-22)26(25-24-19)6-4-15-2-3-20-16(10-15)5-7-29-20/h2-3,8-10,17-18,22,27-28H,4-7,11-13H2,1H3/t17-,18-,22-/m0/s1. The monoisotopic (exact) mass is 425 g/mol. The van der Waals surface area contributed by atoms with E-state index in [0.717, 1.165) is 41.8 Å². The number of nitrogens with zero attached hydrogens (tertiary/aromatic N) is 3. The quantitative estimate of drug-likeness (QED) is 0.624. The molecule has 0 unspecified atom stereocenters. The highest BCUT2D eigenvalue weighted by Gasteiger charge is 2.30. The van der Waals surface area contributed by atoms with Crippen LogP contribution in [0.3, 0.4) is 0 Å². The lowest BCUT2D eigenvalue weighted by molar-refractivity contribution is -0.184. The van der Waals surface area contributed by atoms with Gasteiger partial charge in [0, 0.05) is 25.8 Å². The van der Waals surface area contributed by atoms with Gasteiger partial charge in [-0.2, -0.15) is 0 Å². The summed E-state index contributed by atoms with van der Waals surface area (Å²) >= 11 is 0. The van der Waals surface area contributed by atoms with E-state index in [0.29, 0.717) is 25.1 Å². The highest BCUT2D eigenvalue weighted by atomic mass is 16.7. The number of aliphatic hydroxyl groups excluding tert-OH is 2. The third-order valence-electron chi connectivity index (χ3n) is 5.89. The summed E-state index contributed by atoms with van der Waals surface area (Å²) in [7, 11) is 0. The van der Waals surface area contributed by atoms with Crippen molar-refractivity contribution in [2.45, 2.75) is 57.6 Å². The van der Waals surface area contributed by atoms with Crippen LogP contribution in [0.25, 0.3) is 11.0 Å². The topological polar surface area (TPSA) is 98.9 Å². The summed E-state index contributed by atoms with van der Waals surface area (Å²) in [5.74, 6) is 1.61. The van der Waals surface area contributed by atoms with Gasteiger partial charge in [-0.25, -0.2) is 4.68 Å². The molecule has 8 nitrogen and oxygen atoms in total. The summed E-state index contributed by atoms with van der Waals surface area (Å²) in [6.07, 6.45) is 0.893. The molecule has 5 rings (SSSR count). The number of rotatable bonds is 6. The number of benzene rings is 2. The summed E-state index contributed by atoms with van der Waals surface area (Å²) in [6, 6.07) is 10.3. The minimum Gasteiger partial charge on any atom is -0.493 e. The molecule has 3 aromatic rings. The van der Waals surface area contributed by atoms with Gasteiger partial charge in [-0.15, -0.1) is 5.10 Å². The SMILES string of the molecule is Cc1cc(O[C@H]2C[C@@H](O)C[C@@H](CO)O2)c2c(c1)nnn2CCc1ccc2c(c1)CCO2. The minimum absolute atomic E-state index is 0.147. The van der Waals surface area contributed by atoms with Crippen molar-refractivity contribution in [3.05, 3.63) is 47.0 Å². The molecule has 1 aromatic heterocycles. The van der Waals surface area contributed by atoms with Crippen molar-refractivity contribution < 1.29 is 24.4 Å². The van der Waals surface area contributed by atoms with Gasteiger partial charge in [0.05, 0.1) is 25.4 Å². The second kappa shape index (κ2) is 8.45. The van der Waals surface area contributed by atoms with Crippen LogP contribution in [0.1, 0.15) is 29.5 Å². The molecule has 0 aliphatic carbocycles. The van der Waals surface area contributed by atoms with Crippen LogP contribution >= 0.6 is 0 Å². The Hall–Kier alpha value is -2.68. The lowest BCUT2D eigenvalue weighted by Crippen LogP contribution is -2.40. The molecular weight excluding hydrogens is 398 g/mol. The van der Waals surface area contributed by atoms with Gasteiger partial charge in [0.2, 0.25) is 6.29 Å². The molecular formula is C23H27N3O5. The molecule has 2 aliphatic heterocycles. The Morgan fingerprint density at radius 3 is 3.00 bits per heavy atom. The Morgan fingerprint density at radius 1 is 1.23 bits per heavy atom. The first kappa shape index (κ1) is 20.2. The number of ether oxygens (including phenoxy) is 3. The summed E-state index contributed by atoms with van der Waals surface area (Å²) in [6.45, 7) is 3.24. The highest BCUT2D eigenvalue weighted by Crippen LogP contribution is 2.31. The van der Waals surface area contributed by atoms with Crippen molar-refractivity contribution in [3.63, 3.8) is 0 Å². The van der Waals surface area contributed by atoms with Crippen LogP contribution < -0.4 is 9.47 Å². The average molecular weight is 425 g/mol. The van der Waals surface area contributed by atoms with Crippen molar-refractivity contribution in [3.8, 4) is 11.5 Å². The molecule has 0 bridgehead atoms. The summed E-state index contributed by atoms with van der Waals surface area (Å²) < 4.78 is 19.4. The van der Waals surface area contributed by atoms with Crippen molar-refractivity contribution in [2.24, 2.45) is 0 Å². The van der Waals surface area contributed by atoms with E-state index in [2.05, 4.69) is 22.4 Å². The number of hydrogen-bond acceptors (Lipinski definition) is 7. The molecule has 3 atom stereocenters. The number of aliphatic hydroxyl groups is 2. The van der Waals surface area contributed by atoms with E-state index < -0.39 is 18.5 Å². The molecule has 0 saturated carbocycles. The van der Waals surface area contributed by atoms with Gasteiger partial charge in [-0.1, -0.05) is 17.3 Å². The Balaban J connectivity index is 1.38. The molecule has 1 fully saturated rings. The molecule has 2 N–H and O–H groups in total.